The van der Waals surface area contributed by atoms with Crippen molar-refractivity contribution in [1.29, 1.82) is 0 Å². The Morgan fingerprint density at radius 1 is 1.06 bits per heavy atom. The van der Waals surface area contributed by atoms with E-state index in [1.807, 2.05) is 30.0 Å². The van der Waals surface area contributed by atoms with Crippen LogP contribution in [0.15, 0.2) is 30.5 Å². The van der Waals surface area contributed by atoms with Gasteiger partial charge in [-0.05, 0) is 24.6 Å². The van der Waals surface area contributed by atoms with Gasteiger partial charge in [-0.3, -0.25) is 14.4 Å². The van der Waals surface area contributed by atoms with Crippen LogP contribution in [0.25, 0.3) is 11.3 Å². The molecule has 1 aliphatic heterocycles. The lowest BCUT2D eigenvalue weighted by atomic mass is 10.0. The largest absolute Gasteiger partial charge is 0.480 e. The molecule has 1 saturated heterocycles. The van der Waals surface area contributed by atoms with E-state index in [1.54, 1.807) is 6.07 Å². The Bertz CT molecular complexity index is 1050. The highest BCUT2D eigenvalue weighted by Gasteiger charge is 2.60. The predicted molar refractivity (Wildman–Crippen MR) is 109 cm³/mol. The van der Waals surface area contributed by atoms with E-state index < -0.39 is 30.5 Å². The fraction of sp³-hybridized carbons (Fsp3) is 0.476. The molecule has 0 unspecified atom stereocenters. The number of hydrogen-bond acceptors (Lipinski definition) is 5. The number of amides is 1. The summed E-state index contributed by atoms with van der Waals surface area (Å²) in [5, 5.41) is 13.2. The molecule has 0 radical (unpaired) electrons. The predicted octanol–water partition coefficient (Wildman–Crippen LogP) is 3.69. The summed E-state index contributed by atoms with van der Waals surface area (Å²) >= 11 is 0. The highest BCUT2D eigenvalue weighted by atomic mass is 19.4. The summed E-state index contributed by atoms with van der Waals surface area (Å²) in [4.78, 5) is 25.6. The van der Waals surface area contributed by atoms with Gasteiger partial charge in [0.05, 0.1) is 5.69 Å². The monoisotopic (exact) mass is 508 g/mol. The van der Waals surface area contributed by atoms with Gasteiger partial charge in [0, 0.05) is 44.5 Å². The Morgan fingerprint density at radius 3 is 2.26 bits per heavy atom. The molecule has 8 nitrogen and oxygen atoms in total. The second-order valence-corrected chi connectivity index (χ2v) is 8.06. The molecular weight excluding hydrogens is 486 g/mol. The molecule has 1 fully saturated rings. The molecule has 1 amide bonds. The second-order valence-electron chi connectivity index (χ2n) is 8.06. The van der Waals surface area contributed by atoms with Crippen LogP contribution in [0.5, 0.6) is 0 Å². The van der Waals surface area contributed by atoms with Gasteiger partial charge in [-0.2, -0.15) is 31.4 Å². The first-order valence-corrected chi connectivity index (χ1v) is 10.4. The van der Waals surface area contributed by atoms with Gasteiger partial charge in [0.15, 0.2) is 0 Å². The number of ether oxygens (including phenoxy) is 1. The molecule has 0 bridgehead atoms. The second kappa shape index (κ2) is 10.1. The number of aromatic nitrogens is 2. The highest BCUT2D eigenvalue weighted by Crippen LogP contribution is 2.36. The maximum atomic E-state index is 12.7. The zero-order valence-electron chi connectivity index (χ0n) is 18.4. The average Bonchev–Trinajstić information content (AvgIpc) is 3.19. The smallest absolute Gasteiger partial charge is 0.434 e. The minimum absolute atomic E-state index is 0.115. The van der Waals surface area contributed by atoms with Crippen molar-refractivity contribution in [2.75, 3.05) is 26.2 Å². The summed E-state index contributed by atoms with van der Waals surface area (Å²) < 4.78 is 81.0. The SMILES string of the molecule is Cc1ccc(CN2CCN(C(=O)OC(C(F)(F)F)C(F)(F)F)CC2)c(-c2ccn(CC(=O)O)n2)c1. The molecular formula is C21H22F6N4O4. The van der Waals surface area contributed by atoms with Gasteiger partial charge in [0.1, 0.15) is 6.54 Å². The molecule has 2 aromatic rings. The Balaban J connectivity index is 1.65. The maximum absolute atomic E-state index is 12.7. The molecule has 1 aromatic carbocycles. The summed E-state index contributed by atoms with van der Waals surface area (Å²) in [6, 6.07) is 7.28. The van der Waals surface area contributed by atoms with E-state index in [-0.39, 0.29) is 32.7 Å². The highest BCUT2D eigenvalue weighted by molar-refractivity contribution is 5.68. The third-order valence-electron chi connectivity index (χ3n) is 5.32. The van der Waals surface area contributed by atoms with Crippen LogP contribution in [0.3, 0.4) is 0 Å². The molecule has 14 heteroatoms. The van der Waals surface area contributed by atoms with Crippen molar-refractivity contribution in [3.05, 3.63) is 41.6 Å². The Kier molecular flexibility index (Phi) is 7.62. The van der Waals surface area contributed by atoms with Gasteiger partial charge in [0.2, 0.25) is 0 Å². The number of aryl methyl sites for hydroxylation is 1. The van der Waals surface area contributed by atoms with Gasteiger partial charge in [-0.1, -0.05) is 17.7 Å². The van der Waals surface area contributed by atoms with E-state index in [9.17, 15) is 35.9 Å². The molecule has 2 heterocycles. The molecule has 0 aliphatic carbocycles. The molecule has 0 saturated carbocycles. The summed E-state index contributed by atoms with van der Waals surface area (Å²) in [5.74, 6) is -1.04. The van der Waals surface area contributed by atoms with Gasteiger partial charge >= 0.3 is 24.4 Å². The van der Waals surface area contributed by atoms with Crippen LogP contribution >= 0.6 is 0 Å². The van der Waals surface area contributed by atoms with Crippen LogP contribution in [0.4, 0.5) is 31.1 Å². The first-order valence-electron chi connectivity index (χ1n) is 10.4. The van der Waals surface area contributed by atoms with Crippen molar-refractivity contribution in [3.8, 4) is 11.3 Å². The minimum Gasteiger partial charge on any atom is -0.480 e. The molecule has 1 aliphatic rings. The number of rotatable bonds is 6. The number of alkyl halides is 6. The van der Waals surface area contributed by atoms with E-state index in [0.717, 1.165) is 21.6 Å². The van der Waals surface area contributed by atoms with Crippen molar-refractivity contribution < 1.29 is 45.8 Å². The first-order chi connectivity index (χ1) is 16.2. The molecule has 1 aromatic heterocycles. The molecule has 1 N–H and O–H groups in total. The standard InChI is InChI=1S/C21H22F6N4O4/c1-13-2-3-14(15(10-13)16-4-5-31(28-16)12-17(32)33)11-29-6-8-30(9-7-29)19(34)35-18(20(22,23)24)21(25,26)27/h2-5,10,18H,6-9,11-12H2,1H3,(H,32,33). The number of aliphatic carboxylic acids is 1. The van der Waals surface area contributed by atoms with Gasteiger partial charge in [0.25, 0.3) is 6.10 Å². The number of nitrogens with zero attached hydrogens (tertiary/aromatic N) is 4. The lowest BCUT2D eigenvalue weighted by Crippen LogP contribution is -2.52. The van der Waals surface area contributed by atoms with Crippen molar-refractivity contribution in [3.63, 3.8) is 0 Å². The minimum atomic E-state index is -5.77. The van der Waals surface area contributed by atoms with Crippen molar-refractivity contribution >= 4 is 12.1 Å². The van der Waals surface area contributed by atoms with E-state index >= 15 is 0 Å². The summed E-state index contributed by atoms with van der Waals surface area (Å²) in [6.07, 6.45) is -15.9. The summed E-state index contributed by atoms with van der Waals surface area (Å²) in [5.41, 5.74) is 3.08. The molecule has 0 spiro atoms. The lowest BCUT2D eigenvalue weighted by molar-refractivity contribution is -0.308. The Morgan fingerprint density at radius 2 is 1.69 bits per heavy atom. The summed E-state index contributed by atoms with van der Waals surface area (Å²) in [7, 11) is 0. The van der Waals surface area contributed by atoms with Crippen LogP contribution in [0.1, 0.15) is 11.1 Å². The maximum Gasteiger partial charge on any atom is 0.434 e. The zero-order chi connectivity index (χ0) is 26.0. The van der Waals surface area contributed by atoms with Crippen molar-refractivity contribution in [2.45, 2.75) is 38.5 Å². The normalized spacial score (nSPS) is 15.5. The number of carbonyl (C=O) groups is 2. The van der Waals surface area contributed by atoms with Crippen LogP contribution < -0.4 is 0 Å². The number of carboxylic acid groups (broad SMARTS) is 1. The number of piperazine rings is 1. The van der Waals surface area contributed by atoms with Gasteiger partial charge < -0.3 is 14.7 Å². The van der Waals surface area contributed by atoms with Crippen LogP contribution in [-0.2, 0) is 22.6 Å². The number of benzene rings is 1. The molecule has 3 rings (SSSR count). The van der Waals surface area contributed by atoms with Crippen LogP contribution in [0, 0.1) is 6.92 Å². The van der Waals surface area contributed by atoms with E-state index in [0.29, 0.717) is 12.2 Å². The third kappa shape index (κ3) is 6.87. The first kappa shape index (κ1) is 26.3. The lowest BCUT2D eigenvalue weighted by Gasteiger charge is -2.35. The molecule has 35 heavy (non-hydrogen) atoms. The van der Waals surface area contributed by atoms with Crippen molar-refractivity contribution in [2.24, 2.45) is 0 Å². The van der Waals surface area contributed by atoms with Gasteiger partial charge in [-0.15, -0.1) is 0 Å². The van der Waals surface area contributed by atoms with E-state index in [2.05, 4.69) is 9.84 Å². The van der Waals surface area contributed by atoms with Gasteiger partial charge in [-0.25, -0.2) is 4.79 Å². The fourth-order valence-electron chi connectivity index (χ4n) is 3.62. The third-order valence-corrected chi connectivity index (χ3v) is 5.32. The number of hydrogen-bond donors (Lipinski definition) is 1. The van der Waals surface area contributed by atoms with Crippen LogP contribution in [0.2, 0.25) is 0 Å². The summed E-state index contributed by atoms with van der Waals surface area (Å²) in [6.45, 7) is 2.10. The van der Waals surface area contributed by atoms with E-state index in [1.165, 1.54) is 10.9 Å². The quantitative estimate of drug-likeness (QED) is 0.599. The Hall–Kier alpha value is -3.29. The number of carboxylic acids is 1. The van der Waals surface area contributed by atoms with Crippen molar-refractivity contribution in [1.82, 2.24) is 19.6 Å². The number of carbonyl (C=O) groups excluding carboxylic acids is 1. The topological polar surface area (TPSA) is 87.9 Å². The Labute approximate surface area is 195 Å². The molecule has 192 valence electrons. The van der Waals surface area contributed by atoms with Crippen LogP contribution in [-0.4, -0.2) is 81.4 Å². The average molecular weight is 508 g/mol. The zero-order valence-corrected chi connectivity index (χ0v) is 18.4. The number of halogens is 6. The molecule has 0 atom stereocenters. The van der Waals surface area contributed by atoms with E-state index in [4.69, 9.17) is 5.11 Å². The fourth-order valence-corrected chi connectivity index (χ4v) is 3.62.